The number of piperidine rings is 1. The normalized spacial score (nSPS) is 15.0. The lowest BCUT2D eigenvalue weighted by molar-refractivity contribution is -0.135. The molecule has 0 aliphatic carbocycles. The molecule has 1 N–H and O–H groups in total. The molecule has 28 heavy (non-hydrogen) atoms. The number of hydrogen-bond acceptors (Lipinski definition) is 6. The summed E-state index contributed by atoms with van der Waals surface area (Å²) in [6.45, 7) is 3.72. The fourth-order valence-corrected chi connectivity index (χ4v) is 3.39. The minimum atomic E-state index is -0.0469. The summed E-state index contributed by atoms with van der Waals surface area (Å²) in [7, 11) is 0. The summed E-state index contributed by atoms with van der Waals surface area (Å²) in [5.74, 6) is 2.18. The van der Waals surface area contributed by atoms with E-state index in [-0.39, 0.29) is 17.7 Å². The molecule has 1 saturated heterocycles. The van der Waals surface area contributed by atoms with Gasteiger partial charge in [-0.3, -0.25) is 9.59 Å². The fourth-order valence-electron chi connectivity index (χ4n) is 3.39. The molecule has 0 radical (unpaired) electrons. The number of carbonyl (C=O) groups is 2. The third-order valence-corrected chi connectivity index (χ3v) is 5.00. The second-order valence-corrected chi connectivity index (χ2v) is 7.16. The Kier molecular flexibility index (Phi) is 7.22. The molecule has 2 aromatic heterocycles. The number of nitrogens with zero attached hydrogens (tertiary/aromatic N) is 3. The molecule has 0 aromatic carbocycles. The Morgan fingerprint density at radius 3 is 2.82 bits per heavy atom. The number of likely N-dealkylation sites (tertiary alicyclic amines) is 1. The SMILES string of the molecule is CCCc1noc(CCCC(=O)N2CCC(C(=O)NCc3ccco3)CC2)n1. The van der Waals surface area contributed by atoms with E-state index in [1.165, 1.54) is 0 Å². The first-order valence-corrected chi connectivity index (χ1v) is 10.0. The van der Waals surface area contributed by atoms with E-state index in [4.69, 9.17) is 8.94 Å². The summed E-state index contributed by atoms with van der Waals surface area (Å²) in [4.78, 5) is 30.8. The van der Waals surface area contributed by atoms with Gasteiger partial charge in [0.1, 0.15) is 5.76 Å². The summed E-state index contributed by atoms with van der Waals surface area (Å²) in [5.41, 5.74) is 0. The smallest absolute Gasteiger partial charge is 0.226 e. The average Bonchev–Trinajstić information content (AvgIpc) is 3.38. The predicted molar refractivity (Wildman–Crippen MR) is 101 cm³/mol. The lowest BCUT2D eigenvalue weighted by atomic mass is 9.95. The Morgan fingerprint density at radius 2 is 2.11 bits per heavy atom. The molecular weight excluding hydrogens is 360 g/mol. The van der Waals surface area contributed by atoms with Gasteiger partial charge in [0.05, 0.1) is 12.8 Å². The molecule has 2 aromatic rings. The highest BCUT2D eigenvalue weighted by Crippen LogP contribution is 2.19. The van der Waals surface area contributed by atoms with Crippen molar-refractivity contribution in [2.24, 2.45) is 5.92 Å². The largest absolute Gasteiger partial charge is 0.467 e. The minimum Gasteiger partial charge on any atom is -0.467 e. The van der Waals surface area contributed by atoms with Crippen molar-refractivity contribution in [3.63, 3.8) is 0 Å². The van der Waals surface area contributed by atoms with Crippen molar-refractivity contribution in [3.8, 4) is 0 Å². The van der Waals surface area contributed by atoms with E-state index in [1.54, 1.807) is 12.3 Å². The molecule has 0 unspecified atom stereocenters. The molecule has 3 heterocycles. The van der Waals surface area contributed by atoms with Crippen molar-refractivity contribution < 1.29 is 18.5 Å². The molecule has 0 spiro atoms. The average molecular weight is 388 g/mol. The molecule has 0 atom stereocenters. The molecule has 8 nitrogen and oxygen atoms in total. The number of amides is 2. The highest BCUT2D eigenvalue weighted by molar-refractivity contribution is 5.80. The highest BCUT2D eigenvalue weighted by Gasteiger charge is 2.27. The number of aryl methyl sites for hydroxylation is 2. The summed E-state index contributed by atoms with van der Waals surface area (Å²) < 4.78 is 10.4. The fraction of sp³-hybridized carbons (Fsp3) is 0.600. The maximum Gasteiger partial charge on any atom is 0.226 e. The van der Waals surface area contributed by atoms with E-state index in [9.17, 15) is 9.59 Å². The second-order valence-electron chi connectivity index (χ2n) is 7.16. The Hall–Kier alpha value is -2.64. The van der Waals surface area contributed by atoms with Gasteiger partial charge in [-0.25, -0.2) is 0 Å². The van der Waals surface area contributed by atoms with Crippen LogP contribution in [0.1, 0.15) is 56.5 Å². The van der Waals surface area contributed by atoms with Gasteiger partial charge >= 0.3 is 0 Å². The van der Waals surface area contributed by atoms with E-state index in [0.717, 1.165) is 24.4 Å². The molecule has 1 aliphatic rings. The molecule has 2 amide bonds. The predicted octanol–water partition coefficient (Wildman–Crippen LogP) is 2.49. The first-order valence-electron chi connectivity index (χ1n) is 10.0. The van der Waals surface area contributed by atoms with Gasteiger partial charge in [0.25, 0.3) is 0 Å². The van der Waals surface area contributed by atoms with Crippen LogP contribution in [0.5, 0.6) is 0 Å². The Balaban J connectivity index is 1.33. The van der Waals surface area contributed by atoms with Crippen LogP contribution < -0.4 is 5.32 Å². The van der Waals surface area contributed by atoms with Gasteiger partial charge in [-0.15, -0.1) is 0 Å². The Labute approximate surface area is 164 Å². The van der Waals surface area contributed by atoms with Gasteiger partial charge in [0.2, 0.25) is 17.7 Å². The minimum absolute atomic E-state index is 0.0303. The quantitative estimate of drug-likeness (QED) is 0.708. The molecule has 152 valence electrons. The van der Waals surface area contributed by atoms with Crippen LogP contribution in [0.15, 0.2) is 27.3 Å². The third-order valence-electron chi connectivity index (χ3n) is 5.00. The second kappa shape index (κ2) is 10.1. The van der Waals surface area contributed by atoms with Crippen molar-refractivity contribution in [1.29, 1.82) is 0 Å². The van der Waals surface area contributed by atoms with E-state index in [1.807, 2.05) is 11.0 Å². The summed E-state index contributed by atoms with van der Waals surface area (Å²) in [6.07, 6.45) is 6.54. The van der Waals surface area contributed by atoms with Gasteiger partial charge in [0, 0.05) is 38.3 Å². The molecule has 1 aliphatic heterocycles. The number of carbonyl (C=O) groups excluding carboxylic acids is 2. The molecule has 1 fully saturated rings. The van der Waals surface area contributed by atoms with Gasteiger partial charge in [-0.05, 0) is 37.8 Å². The molecular formula is C20H28N4O4. The van der Waals surface area contributed by atoms with E-state index >= 15 is 0 Å². The van der Waals surface area contributed by atoms with Crippen molar-refractivity contribution in [1.82, 2.24) is 20.4 Å². The zero-order valence-electron chi connectivity index (χ0n) is 16.4. The molecule has 0 bridgehead atoms. The van der Waals surface area contributed by atoms with Crippen LogP contribution in [0.2, 0.25) is 0 Å². The van der Waals surface area contributed by atoms with Gasteiger partial charge in [0.15, 0.2) is 5.82 Å². The van der Waals surface area contributed by atoms with Crippen LogP contribution in [0.25, 0.3) is 0 Å². The van der Waals surface area contributed by atoms with Crippen molar-refractivity contribution in [2.75, 3.05) is 13.1 Å². The zero-order valence-corrected chi connectivity index (χ0v) is 16.4. The Morgan fingerprint density at radius 1 is 1.29 bits per heavy atom. The summed E-state index contributed by atoms with van der Waals surface area (Å²) in [5, 5.41) is 6.83. The van der Waals surface area contributed by atoms with Crippen molar-refractivity contribution >= 4 is 11.8 Å². The van der Waals surface area contributed by atoms with Crippen LogP contribution in [0.4, 0.5) is 0 Å². The lowest BCUT2D eigenvalue weighted by Gasteiger charge is -2.31. The standard InChI is InChI=1S/C20H28N4O4/c1-2-5-17-22-18(28-23-17)7-3-8-19(25)24-11-9-15(10-12-24)20(26)21-14-16-6-4-13-27-16/h4,6,13,15H,2-3,5,7-12,14H2,1H3,(H,21,26). The number of rotatable bonds is 9. The monoisotopic (exact) mass is 388 g/mol. The number of hydrogen-bond donors (Lipinski definition) is 1. The van der Waals surface area contributed by atoms with E-state index in [0.29, 0.717) is 57.6 Å². The topological polar surface area (TPSA) is 101 Å². The lowest BCUT2D eigenvalue weighted by Crippen LogP contribution is -2.42. The highest BCUT2D eigenvalue weighted by atomic mass is 16.5. The van der Waals surface area contributed by atoms with Crippen molar-refractivity contribution in [3.05, 3.63) is 35.9 Å². The van der Waals surface area contributed by atoms with Crippen LogP contribution >= 0.6 is 0 Å². The van der Waals surface area contributed by atoms with Gasteiger partial charge in [-0.2, -0.15) is 4.98 Å². The first kappa shape index (κ1) is 20.1. The van der Waals surface area contributed by atoms with Crippen LogP contribution in [-0.4, -0.2) is 39.9 Å². The maximum atomic E-state index is 12.4. The summed E-state index contributed by atoms with van der Waals surface area (Å²) in [6, 6.07) is 3.63. The van der Waals surface area contributed by atoms with Crippen LogP contribution in [0.3, 0.4) is 0 Å². The first-order chi connectivity index (χ1) is 13.7. The van der Waals surface area contributed by atoms with Crippen LogP contribution in [0, 0.1) is 5.92 Å². The Bertz CT molecular complexity index is 748. The van der Waals surface area contributed by atoms with E-state index < -0.39 is 0 Å². The molecule has 8 heteroatoms. The maximum absolute atomic E-state index is 12.4. The van der Waals surface area contributed by atoms with E-state index in [2.05, 4.69) is 22.4 Å². The van der Waals surface area contributed by atoms with Crippen LogP contribution in [-0.2, 0) is 29.0 Å². The van der Waals surface area contributed by atoms with Gasteiger partial charge in [-0.1, -0.05) is 12.1 Å². The van der Waals surface area contributed by atoms with Crippen molar-refractivity contribution in [2.45, 2.75) is 58.4 Å². The molecule has 3 rings (SSSR count). The number of aromatic nitrogens is 2. The third kappa shape index (κ3) is 5.68. The number of furan rings is 1. The zero-order chi connectivity index (χ0) is 19.8. The van der Waals surface area contributed by atoms with Gasteiger partial charge < -0.3 is 19.2 Å². The molecule has 0 saturated carbocycles. The number of nitrogens with one attached hydrogen (secondary N) is 1. The summed E-state index contributed by atoms with van der Waals surface area (Å²) >= 11 is 0.